The molecule has 1 aromatic rings. The predicted molar refractivity (Wildman–Crippen MR) is 77.0 cm³/mol. The van der Waals surface area contributed by atoms with Crippen LogP contribution in [0.1, 0.15) is 26.7 Å². The Kier molecular flexibility index (Phi) is 6.76. The number of benzene rings is 1. The van der Waals surface area contributed by atoms with Crippen LogP contribution in [0.4, 0.5) is 5.69 Å². The molecule has 2 N–H and O–H groups in total. The SMILES string of the molecule is CC(C)CCNCCC(=O)Nc1ccccc1Cl. The van der Waals surface area contributed by atoms with Crippen LogP contribution in [-0.2, 0) is 4.79 Å². The molecule has 0 saturated carbocycles. The molecule has 0 aliphatic rings. The van der Waals surface area contributed by atoms with Crippen LogP contribution in [0.3, 0.4) is 0 Å². The second kappa shape index (κ2) is 8.11. The van der Waals surface area contributed by atoms with Gasteiger partial charge in [-0.1, -0.05) is 37.6 Å². The highest BCUT2D eigenvalue weighted by molar-refractivity contribution is 6.33. The molecular formula is C14H21ClN2O. The van der Waals surface area contributed by atoms with E-state index in [0.29, 0.717) is 29.6 Å². The van der Waals surface area contributed by atoms with Crippen LogP contribution in [0.5, 0.6) is 0 Å². The van der Waals surface area contributed by atoms with Crippen molar-refractivity contribution < 1.29 is 4.79 Å². The van der Waals surface area contributed by atoms with Gasteiger partial charge in [0.2, 0.25) is 5.91 Å². The minimum absolute atomic E-state index is 0.0138. The van der Waals surface area contributed by atoms with Gasteiger partial charge in [0.1, 0.15) is 0 Å². The van der Waals surface area contributed by atoms with Crippen LogP contribution in [0.15, 0.2) is 24.3 Å². The minimum Gasteiger partial charge on any atom is -0.325 e. The van der Waals surface area contributed by atoms with Crippen molar-refractivity contribution in [2.24, 2.45) is 5.92 Å². The third kappa shape index (κ3) is 6.03. The van der Waals surface area contributed by atoms with Crippen molar-refractivity contribution in [3.8, 4) is 0 Å². The van der Waals surface area contributed by atoms with Gasteiger partial charge in [-0.25, -0.2) is 0 Å². The summed E-state index contributed by atoms with van der Waals surface area (Å²) in [5.74, 6) is 0.676. The van der Waals surface area contributed by atoms with E-state index >= 15 is 0 Å². The minimum atomic E-state index is -0.0138. The van der Waals surface area contributed by atoms with E-state index < -0.39 is 0 Å². The van der Waals surface area contributed by atoms with Crippen molar-refractivity contribution in [1.82, 2.24) is 5.32 Å². The van der Waals surface area contributed by atoms with Crippen LogP contribution in [-0.4, -0.2) is 19.0 Å². The zero-order valence-corrected chi connectivity index (χ0v) is 11.8. The number of carbonyl (C=O) groups is 1. The van der Waals surface area contributed by atoms with Crippen LogP contribution in [0.2, 0.25) is 5.02 Å². The number of carbonyl (C=O) groups excluding carboxylic acids is 1. The van der Waals surface area contributed by atoms with Crippen molar-refractivity contribution in [1.29, 1.82) is 0 Å². The summed E-state index contributed by atoms with van der Waals surface area (Å²) in [6.45, 7) is 6.03. The van der Waals surface area contributed by atoms with E-state index in [1.165, 1.54) is 0 Å². The number of amides is 1. The molecule has 3 nitrogen and oxygen atoms in total. The molecule has 1 aromatic carbocycles. The fraction of sp³-hybridized carbons (Fsp3) is 0.500. The first-order valence-electron chi connectivity index (χ1n) is 6.34. The van der Waals surface area contributed by atoms with Crippen molar-refractivity contribution >= 4 is 23.2 Å². The summed E-state index contributed by atoms with van der Waals surface area (Å²) in [5, 5.41) is 6.62. The lowest BCUT2D eigenvalue weighted by Crippen LogP contribution is -2.23. The third-order valence-electron chi connectivity index (χ3n) is 2.58. The van der Waals surface area contributed by atoms with Gasteiger partial charge in [-0.3, -0.25) is 4.79 Å². The van der Waals surface area contributed by atoms with E-state index in [1.807, 2.05) is 12.1 Å². The molecule has 0 fully saturated rings. The van der Waals surface area contributed by atoms with Gasteiger partial charge in [-0.05, 0) is 31.0 Å². The first-order chi connectivity index (χ1) is 8.59. The van der Waals surface area contributed by atoms with E-state index in [-0.39, 0.29) is 5.91 Å². The normalized spacial score (nSPS) is 10.7. The number of hydrogen-bond acceptors (Lipinski definition) is 2. The number of para-hydroxylation sites is 1. The molecule has 0 aliphatic heterocycles. The molecular weight excluding hydrogens is 248 g/mol. The van der Waals surface area contributed by atoms with Crippen molar-refractivity contribution in [2.45, 2.75) is 26.7 Å². The standard InChI is InChI=1S/C14H21ClN2O/c1-11(2)7-9-16-10-8-14(18)17-13-6-4-3-5-12(13)15/h3-6,11,16H,7-10H2,1-2H3,(H,17,18). The predicted octanol–water partition coefficient (Wildman–Crippen LogP) is 3.30. The van der Waals surface area contributed by atoms with Gasteiger partial charge >= 0.3 is 0 Å². The third-order valence-corrected chi connectivity index (χ3v) is 2.90. The molecule has 0 saturated heterocycles. The summed E-state index contributed by atoms with van der Waals surface area (Å²) in [7, 11) is 0. The number of anilines is 1. The number of halogens is 1. The Hall–Kier alpha value is -1.06. The second-order valence-electron chi connectivity index (χ2n) is 4.71. The zero-order valence-electron chi connectivity index (χ0n) is 11.0. The van der Waals surface area contributed by atoms with Crippen molar-refractivity contribution in [3.63, 3.8) is 0 Å². The topological polar surface area (TPSA) is 41.1 Å². The molecule has 1 amide bonds. The number of nitrogens with one attached hydrogen (secondary N) is 2. The summed E-state index contributed by atoms with van der Waals surface area (Å²) in [6.07, 6.45) is 1.59. The van der Waals surface area contributed by atoms with Crippen LogP contribution < -0.4 is 10.6 Å². The average Bonchev–Trinajstić information content (AvgIpc) is 2.31. The molecule has 18 heavy (non-hydrogen) atoms. The van der Waals surface area contributed by atoms with Gasteiger partial charge in [0, 0.05) is 13.0 Å². The van der Waals surface area contributed by atoms with Gasteiger partial charge in [-0.2, -0.15) is 0 Å². The first kappa shape index (κ1) is 15.0. The van der Waals surface area contributed by atoms with E-state index in [0.717, 1.165) is 13.0 Å². The Morgan fingerprint density at radius 1 is 1.28 bits per heavy atom. The van der Waals surface area contributed by atoms with Gasteiger partial charge in [0.15, 0.2) is 0 Å². The summed E-state index contributed by atoms with van der Waals surface area (Å²) in [4.78, 5) is 11.7. The molecule has 0 radical (unpaired) electrons. The molecule has 0 aromatic heterocycles. The van der Waals surface area contributed by atoms with E-state index in [9.17, 15) is 4.79 Å². The van der Waals surface area contributed by atoms with Crippen LogP contribution in [0, 0.1) is 5.92 Å². The first-order valence-corrected chi connectivity index (χ1v) is 6.72. The number of hydrogen-bond donors (Lipinski definition) is 2. The lowest BCUT2D eigenvalue weighted by molar-refractivity contribution is -0.116. The summed E-state index contributed by atoms with van der Waals surface area (Å²) in [6, 6.07) is 7.25. The molecule has 0 bridgehead atoms. The van der Waals surface area contributed by atoms with Gasteiger partial charge in [-0.15, -0.1) is 0 Å². The summed E-state index contributed by atoms with van der Waals surface area (Å²) in [5.41, 5.74) is 0.673. The summed E-state index contributed by atoms with van der Waals surface area (Å²) >= 11 is 5.96. The van der Waals surface area contributed by atoms with Crippen molar-refractivity contribution in [2.75, 3.05) is 18.4 Å². The van der Waals surface area contributed by atoms with Crippen LogP contribution >= 0.6 is 11.6 Å². The Balaban J connectivity index is 2.20. The molecule has 100 valence electrons. The maximum absolute atomic E-state index is 11.7. The Morgan fingerprint density at radius 2 is 2.00 bits per heavy atom. The van der Waals surface area contributed by atoms with Crippen LogP contribution in [0.25, 0.3) is 0 Å². The fourth-order valence-electron chi connectivity index (χ4n) is 1.49. The average molecular weight is 269 g/mol. The molecule has 4 heteroatoms. The molecule has 0 heterocycles. The molecule has 0 spiro atoms. The Labute approximate surface area is 114 Å². The molecule has 0 atom stereocenters. The van der Waals surface area contributed by atoms with E-state index in [4.69, 9.17) is 11.6 Å². The largest absolute Gasteiger partial charge is 0.325 e. The van der Waals surface area contributed by atoms with Gasteiger partial charge in [0.05, 0.1) is 10.7 Å². The maximum atomic E-state index is 11.7. The molecule has 0 unspecified atom stereocenters. The van der Waals surface area contributed by atoms with Gasteiger partial charge < -0.3 is 10.6 Å². The van der Waals surface area contributed by atoms with E-state index in [2.05, 4.69) is 24.5 Å². The maximum Gasteiger partial charge on any atom is 0.225 e. The zero-order chi connectivity index (χ0) is 13.4. The molecule has 0 aliphatic carbocycles. The highest BCUT2D eigenvalue weighted by Gasteiger charge is 2.04. The fourth-order valence-corrected chi connectivity index (χ4v) is 1.68. The Morgan fingerprint density at radius 3 is 2.67 bits per heavy atom. The highest BCUT2D eigenvalue weighted by Crippen LogP contribution is 2.20. The quantitative estimate of drug-likeness (QED) is 0.745. The van der Waals surface area contributed by atoms with E-state index in [1.54, 1.807) is 12.1 Å². The lowest BCUT2D eigenvalue weighted by Gasteiger charge is -2.08. The lowest BCUT2D eigenvalue weighted by atomic mass is 10.1. The van der Waals surface area contributed by atoms with Gasteiger partial charge in [0.25, 0.3) is 0 Å². The molecule has 1 rings (SSSR count). The number of rotatable bonds is 7. The monoisotopic (exact) mass is 268 g/mol. The Bertz CT molecular complexity index is 380. The smallest absolute Gasteiger partial charge is 0.225 e. The second-order valence-corrected chi connectivity index (χ2v) is 5.12. The van der Waals surface area contributed by atoms with Crippen molar-refractivity contribution in [3.05, 3.63) is 29.3 Å². The summed E-state index contributed by atoms with van der Waals surface area (Å²) < 4.78 is 0. The highest BCUT2D eigenvalue weighted by atomic mass is 35.5.